The maximum Gasteiger partial charge on any atom is 0.180 e. The molecular formula is C16H16BrFN2O. The van der Waals surface area contributed by atoms with Gasteiger partial charge in [-0.25, -0.2) is 4.39 Å². The van der Waals surface area contributed by atoms with Crippen LogP contribution in [0.15, 0.2) is 40.9 Å². The highest BCUT2D eigenvalue weighted by atomic mass is 79.9. The van der Waals surface area contributed by atoms with Crippen LogP contribution in [0.2, 0.25) is 0 Å². The zero-order valence-corrected chi connectivity index (χ0v) is 13.2. The number of hydrogen-bond acceptors (Lipinski definition) is 2. The van der Waals surface area contributed by atoms with Crippen molar-refractivity contribution < 1.29 is 9.13 Å². The van der Waals surface area contributed by atoms with Crippen LogP contribution in [-0.2, 0) is 6.42 Å². The van der Waals surface area contributed by atoms with Gasteiger partial charge in [0.15, 0.2) is 11.6 Å². The number of nitrogens with two attached hydrogens (primary N) is 1. The summed E-state index contributed by atoms with van der Waals surface area (Å²) < 4.78 is 19.9. The Labute approximate surface area is 131 Å². The fourth-order valence-electron chi connectivity index (χ4n) is 1.96. The first-order chi connectivity index (χ1) is 10.0. The van der Waals surface area contributed by atoms with Gasteiger partial charge >= 0.3 is 0 Å². The topological polar surface area (TPSA) is 59.1 Å². The van der Waals surface area contributed by atoms with Gasteiger partial charge in [-0.2, -0.15) is 0 Å². The van der Waals surface area contributed by atoms with Gasteiger partial charge in [-0.3, -0.25) is 5.41 Å². The van der Waals surface area contributed by atoms with Crippen molar-refractivity contribution >= 4 is 21.8 Å². The van der Waals surface area contributed by atoms with Gasteiger partial charge < -0.3 is 10.5 Å². The van der Waals surface area contributed by atoms with Gasteiger partial charge in [0, 0.05) is 5.56 Å². The molecule has 2 aromatic rings. The van der Waals surface area contributed by atoms with E-state index in [1.54, 1.807) is 6.07 Å². The molecule has 0 aliphatic heterocycles. The van der Waals surface area contributed by atoms with Crippen LogP contribution in [-0.4, -0.2) is 5.84 Å². The molecular weight excluding hydrogens is 335 g/mol. The molecule has 0 aliphatic carbocycles. The minimum absolute atomic E-state index is 0.0927. The molecule has 0 amide bonds. The van der Waals surface area contributed by atoms with Crippen LogP contribution in [0.3, 0.4) is 0 Å². The predicted molar refractivity (Wildman–Crippen MR) is 85.6 cm³/mol. The summed E-state index contributed by atoms with van der Waals surface area (Å²) in [5.41, 5.74) is 6.90. The van der Waals surface area contributed by atoms with Crippen LogP contribution in [0, 0.1) is 11.2 Å². The average Bonchev–Trinajstić information content (AvgIpc) is 2.46. The van der Waals surface area contributed by atoms with E-state index in [1.807, 2.05) is 24.3 Å². The first kappa shape index (κ1) is 15.5. The molecule has 0 aliphatic rings. The lowest BCUT2D eigenvalue weighted by Gasteiger charge is -2.10. The maximum atomic E-state index is 14.2. The van der Waals surface area contributed by atoms with Crippen LogP contribution >= 0.6 is 15.9 Å². The second-order valence-corrected chi connectivity index (χ2v) is 5.44. The number of hydrogen-bond donors (Lipinski definition) is 2. The highest BCUT2D eigenvalue weighted by Crippen LogP contribution is 2.31. The van der Waals surface area contributed by atoms with Gasteiger partial charge in [-0.15, -0.1) is 0 Å². The summed E-state index contributed by atoms with van der Waals surface area (Å²) in [6.07, 6.45) is 2.09. The zero-order valence-electron chi connectivity index (χ0n) is 11.6. The molecule has 3 nitrogen and oxygen atoms in total. The van der Waals surface area contributed by atoms with E-state index in [2.05, 4.69) is 22.9 Å². The van der Waals surface area contributed by atoms with E-state index < -0.39 is 5.82 Å². The normalized spacial score (nSPS) is 10.4. The molecule has 21 heavy (non-hydrogen) atoms. The van der Waals surface area contributed by atoms with Crippen LogP contribution in [0.25, 0.3) is 0 Å². The van der Waals surface area contributed by atoms with Crippen molar-refractivity contribution in [2.45, 2.75) is 19.8 Å². The van der Waals surface area contributed by atoms with E-state index in [-0.39, 0.29) is 16.1 Å². The third-order valence-electron chi connectivity index (χ3n) is 3.03. The van der Waals surface area contributed by atoms with Crippen molar-refractivity contribution in [2.24, 2.45) is 5.73 Å². The standard InChI is InChI=1S/C16H16BrFN2O/c1-2-3-10-4-6-11(7-5-10)21-13-9-8-12(16(19)20)14(17)15(13)18/h4-9H,2-3H2,1H3,(H3,19,20). The van der Waals surface area contributed by atoms with E-state index in [0.29, 0.717) is 11.3 Å². The Hall–Kier alpha value is -1.88. The summed E-state index contributed by atoms with van der Waals surface area (Å²) in [7, 11) is 0. The van der Waals surface area contributed by atoms with Crippen LogP contribution in [0.5, 0.6) is 11.5 Å². The minimum atomic E-state index is -0.569. The first-order valence-corrected chi connectivity index (χ1v) is 7.41. The van der Waals surface area contributed by atoms with Gasteiger partial charge in [0.05, 0.1) is 4.47 Å². The van der Waals surface area contributed by atoms with Crippen LogP contribution < -0.4 is 10.5 Å². The van der Waals surface area contributed by atoms with Gasteiger partial charge in [0.1, 0.15) is 11.6 Å². The number of amidine groups is 1. The Morgan fingerprint density at radius 2 is 1.90 bits per heavy atom. The number of benzene rings is 2. The smallest absolute Gasteiger partial charge is 0.180 e. The lowest BCUT2D eigenvalue weighted by atomic mass is 10.1. The fraction of sp³-hybridized carbons (Fsp3) is 0.188. The molecule has 0 aromatic heterocycles. The van der Waals surface area contributed by atoms with Crippen molar-refractivity contribution in [3.05, 3.63) is 57.8 Å². The van der Waals surface area contributed by atoms with Crippen molar-refractivity contribution in [3.8, 4) is 11.5 Å². The molecule has 5 heteroatoms. The number of aryl methyl sites for hydroxylation is 1. The highest BCUT2D eigenvalue weighted by Gasteiger charge is 2.14. The Balaban J connectivity index is 2.23. The van der Waals surface area contributed by atoms with Gasteiger partial charge in [0.2, 0.25) is 0 Å². The lowest BCUT2D eigenvalue weighted by molar-refractivity contribution is 0.440. The first-order valence-electron chi connectivity index (χ1n) is 6.62. The van der Waals surface area contributed by atoms with E-state index in [1.165, 1.54) is 11.6 Å². The third-order valence-corrected chi connectivity index (χ3v) is 3.80. The molecule has 0 bridgehead atoms. The zero-order chi connectivity index (χ0) is 15.4. The highest BCUT2D eigenvalue weighted by molar-refractivity contribution is 9.10. The van der Waals surface area contributed by atoms with E-state index in [4.69, 9.17) is 15.9 Å². The molecule has 0 heterocycles. The van der Waals surface area contributed by atoms with Crippen molar-refractivity contribution in [1.29, 1.82) is 5.41 Å². The average molecular weight is 351 g/mol. The molecule has 0 saturated heterocycles. The molecule has 0 saturated carbocycles. The lowest BCUT2D eigenvalue weighted by Crippen LogP contribution is -2.12. The molecule has 3 N–H and O–H groups in total. The predicted octanol–water partition coefficient (Wildman–Crippen LogP) is 4.62. The number of ether oxygens (including phenoxy) is 1. The molecule has 2 aromatic carbocycles. The maximum absolute atomic E-state index is 14.2. The van der Waals surface area contributed by atoms with Crippen LogP contribution in [0.1, 0.15) is 24.5 Å². The molecule has 0 unspecified atom stereocenters. The largest absolute Gasteiger partial charge is 0.454 e. The van der Waals surface area contributed by atoms with Crippen molar-refractivity contribution in [2.75, 3.05) is 0 Å². The van der Waals surface area contributed by atoms with E-state index in [9.17, 15) is 4.39 Å². The summed E-state index contributed by atoms with van der Waals surface area (Å²) in [5.74, 6) is -0.108. The van der Waals surface area contributed by atoms with Crippen molar-refractivity contribution in [1.82, 2.24) is 0 Å². The summed E-state index contributed by atoms with van der Waals surface area (Å²) in [4.78, 5) is 0. The third kappa shape index (κ3) is 3.61. The number of nitrogen functional groups attached to an aromatic ring is 1. The van der Waals surface area contributed by atoms with E-state index >= 15 is 0 Å². The minimum Gasteiger partial charge on any atom is -0.454 e. The quantitative estimate of drug-likeness (QED) is 0.610. The molecule has 2 rings (SSSR count). The molecule has 0 spiro atoms. The second-order valence-electron chi connectivity index (χ2n) is 4.65. The van der Waals surface area contributed by atoms with Gasteiger partial charge in [0.25, 0.3) is 0 Å². The Kier molecular flexibility index (Phi) is 4.96. The summed E-state index contributed by atoms with van der Waals surface area (Å²) in [6, 6.07) is 10.6. The molecule has 0 fully saturated rings. The molecule has 0 atom stereocenters. The van der Waals surface area contributed by atoms with Gasteiger partial charge in [-0.1, -0.05) is 25.5 Å². The second kappa shape index (κ2) is 6.72. The Morgan fingerprint density at radius 1 is 1.24 bits per heavy atom. The summed E-state index contributed by atoms with van der Waals surface area (Å²) >= 11 is 3.10. The summed E-state index contributed by atoms with van der Waals surface area (Å²) in [5, 5.41) is 7.37. The fourth-order valence-corrected chi connectivity index (χ4v) is 2.50. The Bertz CT molecular complexity index is 656. The molecule has 110 valence electrons. The Morgan fingerprint density at radius 3 is 2.48 bits per heavy atom. The monoisotopic (exact) mass is 350 g/mol. The van der Waals surface area contributed by atoms with Crippen LogP contribution in [0.4, 0.5) is 4.39 Å². The number of halogens is 2. The molecule has 0 radical (unpaired) electrons. The SMILES string of the molecule is CCCc1ccc(Oc2ccc(C(=N)N)c(Br)c2F)cc1. The summed E-state index contributed by atoms with van der Waals surface area (Å²) in [6.45, 7) is 2.12. The number of nitrogens with one attached hydrogen (secondary N) is 1. The van der Waals surface area contributed by atoms with Gasteiger partial charge in [-0.05, 0) is 52.2 Å². The van der Waals surface area contributed by atoms with E-state index in [0.717, 1.165) is 12.8 Å². The number of rotatable bonds is 5. The van der Waals surface area contributed by atoms with Crippen molar-refractivity contribution in [3.63, 3.8) is 0 Å².